The van der Waals surface area contributed by atoms with Crippen molar-refractivity contribution < 1.29 is 18.0 Å². The van der Waals surface area contributed by atoms with Crippen LogP contribution in [0.25, 0.3) is 0 Å². The molecule has 1 aromatic heterocycles. The highest BCUT2D eigenvalue weighted by Crippen LogP contribution is 2.21. The minimum absolute atomic E-state index is 0.212. The highest BCUT2D eigenvalue weighted by molar-refractivity contribution is 6.04. The van der Waals surface area contributed by atoms with Crippen molar-refractivity contribution >= 4 is 17.4 Å². The van der Waals surface area contributed by atoms with Gasteiger partial charge in [0, 0.05) is 25.4 Å². The van der Waals surface area contributed by atoms with Gasteiger partial charge < -0.3 is 10.2 Å². The molecule has 0 unspecified atom stereocenters. The van der Waals surface area contributed by atoms with E-state index >= 15 is 0 Å². The fraction of sp³-hybridized carbons (Fsp3) is 0.100. The van der Waals surface area contributed by atoms with Gasteiger partial charge in [0.2, 0.25) is 0 Å². The first kappa shape index (κ1) is 18.4. The summed E-state index contributed by atoms with van der Waals surface area (Å²) < 4.78 is 40.0. The van der Waals surface area contributed by atoms with E-state index in [2.05, 4.69) is 10.3 Å². The van der Waals surface area contributed by atoms with Gasteiger partial charge in [0.1, 0.15) is 5.82 Å². The highest BCUT2D eigenvalue weighted by Gasteiger charge is 2.16. The van der Waals surface area contributed by atoms with Crippen LogP contribution in [0.1, 0.15) is 15.9 Å². The minimum Gasteiger partial charge on any atom is -0.355 e. The number of rotatable bonds is 5. The summed E-state index contributed by atoms with van der Waals surface area (Å²) in [5.74, 6) is -4.52. The normalized spacial score (nSPS) is 10.5. The fourth-order valence-corrected chi connectivity index (χ4v) is 2.52. The monoisotopic (exact) mass is 371 g/mol. The maximum Gasteiger partial charge on any atom is 0.255 e. The van der Waals surface area contributed by atoms with Crippen LogP contribution in [-0.4, -0.2) is 17.9 Å². The number of hydrogen-bond acceptors (Lipinski definition) is 3. The number of nitrogens with zero attached hydrogens (tertiary/aromatic N) is 2. The van der Waals surface area contributed by atoms with Crippen LogP contribution in [0.5, 0.6) is 0 Å². The summed E-state index contributed by atoms with van der Waals surface area (Å²) in [5.41, 5.74) is 0.847. The lowest BCUT2D eigenvalue weighted by Crippen LogP contribution is -2.19. The quantitative estimate of drug-likeness (QED) is 0.677. The van der Waals surface area contributed by atoms with E-state index in [1.165, 1.54) is 18.3 Å². The van der Waals surface area contributed by atoms with Crippen LogP contribution < -0.4 is 10.2 Å². The van der Waals surface area contributed by atoms with E-state index in [0.29, 0.717) is 12.4 Å². The van der Waals surface area contributed by atoms with Crippen molar-refractivity contribution in [3.8, 4) is 0 Å². The Bertz CT molecular complexity index is 964. The molecule has 1 amide bonds. The van der Waals surface area contributed by atoms with Crippen LogP contribution in [0.4, 0.5) is 24.7 Å². The maximum atomic E-state index is 13.7. The summed E-state index contributed by atoms with van der Waals surface area (Å²) in [6.07, 6.45) is 1.45. The summed E-state index contributed by atoms with van der Waals surface area (Å²) in [7, 11) is 1.83. The van der Waals surface area contributed by atoms with Gasteiger partial charge in [-0.15, -0.1) is 0 Å². The van der Waals surface area contributed by atoms with Gasteiger partial charge in [-0.05, 0) is 29.8 Å². The predicted octanol–water partition coefficient (Wildman–Crippen LogP) is 4.39. The average Bonchev–Trinajstić information content (AvgIpc) is 2.69. The standard InChI is InChI=1S/C20H16F3N3O/c1-26(12-13-5-3-2-4-6-13)17-11-14(9-10-24-17)20(27)25-16-8-7-15(21)18(22)19(16)23/h2-11H,12H2,1H3,(H,25,27). The molecule has 4 nitrogen and oxygen atoms in total. The average molecular weight is 371 g/mol. The van der Waals surface area contributed by atoms with Crippen LogP contribution >= 0.6 is 0 Å². The van der Waals surface area contributed by atoms with Gasteiger partial charge in [0.05, 0.1) is 5.69 Å². The SMILES string of the molecule is CN(Cc1ccccc1)c1cc(C(=O)Nc2ccc(F)c(F)c2F)ccn1. The second-order valence-electron chi connectivity index (χ2n) is 5.92. The number of carbonyl (C=O) groups excluding carboxylic acids is 1. The molecule has 0 fully saturated rings. The van der Waals surface area contributed by atoms with E-state index in [4.69, 9.17) is 0 Å². The number of carbonyl (C=O) groups is 1. The molecule has 0 aliphatic heterocycles. The van der Waals surface area contributed by atoms with E-state index in [9.17, 15) is 18.0 Å². The number of benzene rings is 2. The van der Waals surface area contributed by atoms with Crippen molar-refractivity contribution in [1.29, 1.82) is 0 Å². The lowest BCUT2D eigenvalue weighted by molar-refractivity contribution is 0.102. The second kappa shape index (κ2) is 7.90. The Morgan fingerprint density at radius 3 is 2.52 bits per heavy atom. The Balaban J connectivity index is 1.77. The number of anilines is 2. The first-order valence-electron chi connectivity index (χ1n) is 8.11. The van der Waals surface area contributed by atoms with Gasteiger partial charge in [-0.25, -0.2) is 18.2 Å². The van der Waals surface area contributed by atoms with Crippen molar-refractivity contribution in [3.05, 3.63) is 89.4 Å². The Kier molecular flexibility index (Phi) is 5.40. The lowest BCUT2D eigenvalue weighted by Gasteiger charge is -2.18. The molecular formula is C20H16F3N3O. The molecule has 0 radical (unpaired) electrons. The number of aromatic nitrogens is 1. The molecule has 1 heterocycles. The summed E-state index contributed by atoms with van der Waals surface area (Å²) in [6, 6.07) is 14.4. The Morgan fingerprint density at radius 1 is 1.04 bits per heavy atom. The van der Waals surface area contributed by atoms with Crippen molar-refractivity contribution in [1.82, 2.24) is 4.98 Å². The number of nitrogens with one attached hydrogen (secondary N) is 1. The van der Waals surface area contributed by atoms with Crippen molar-refractivity contribution in [2.75, 3.05) is 17.3 Å². The molecule has 138 valence electrons. The van der Waals surface area contributed by atoms with Crippen LogP contribution in [0.15, 0.2) is 60.8 Å². The van der Waals surface area contributed by atoms with Crippen molar-refractivity contribution in [2.24, 2.45) is 0 Å². The third-order valence-corrected chi connectivity index (χ3v) is 3.94. The zero-order chi connectivity index (χ0) is 19.4. The molecule has 0 atom stereocenters. The number of halogens is 3. The molecule has 7 heteroatoms. The summed E-state index contributed by atoms with van der Waals surface area (Å²) >= 11 is 0. The molecule has 0 aliphatic carbocycles. The van der Waals surface area contributed by atoms with Gasteiger partial charge in [0.15, 0.2) is 17.5 Å². The fourth-order valence-electron chi connectivity index (χ4n) is 2.52. The smallest absolute Gasteiger partial charge is 0.255 e. The number of pyridine rings is 1. The van der Waals surface area contributed by atoms with E-state index in [1.807, 2.05) is 42.3 Å². The lowest BCUT2D eigenvalue weighted by atomic mass is 10.2. The van der Waals surface area contributed by atoms with Gasteiger partial charge in [-0.3, -0.25) is 4.79 Å². The zero-order valence-electron chi connectivity index (χ0n) is 14.4. The van der Waals surface area contributed by atoms with Gasteiger partial charge in [-0.1, -0.05) is 30.3 Å². The third kappa shape index (κ3) is 4.25. The molecule has 0 aliphatic rings. The van der Waals surface area contributed by atoms with E-state index in [0.717, 1.165) is 17.7 Å². The first-order chi connectivity index (χ1) is 13.0. The second-order valence-corrected chi connectivity index (χ2v) is 5.92. The van der Waals surface area contributed by atoms with E-state index in [-0.39, 0.29) is 5.56 Å². The Hall–Kier alpha value is -3.35. The molecule has 0 saturated carbocycles. The van der Waals surface area contributed by atoms with E-state index in [1.54, 1.807) is 0 Å². The van der Waals surface area contributed by atoms with Crippen LogP contribution in [-0.2, 0) is 6.54 Å². The molecule has 3 rings (SSSR count). The van der Waals surface area contributed by atoms with Crippen molar-refractivity contribution in [2.45, 2.75) is 6.54 Å². The molecule has 3 aromatic rings. The largest absolute Gasteiger partial charge is 0.355 e. The third-order valence-electron chi connectivity index (χ3n) is 3.94. The summed E-state index contributed by atoms with van der Waals surface area (Å²) in [4.78, 5) is 18.4. The molecule has 1 N–H and O–H groups in total. The molecule has 27 heavy (non-hydrogen) atoms. The molecule has 0 bridgehead atoms. The zero-order valence-corrected chi connectivity index (χ0v) is 14.4. The number of hydrogen-bond donors (Lipinski definition) is 1. The Labute approximate surface area is 154 Å². The summed E-state index contributed by atoms with van der Waals surface area (Å²) in [6.45, 7) is 0.580. The molecular weight excluding hydrogens is 355 g/mol. The van der Waals surface area contributed by atoms with Gasteiger partial charge >= 0.3 is 0 Å². The Morgan fingerprint density at radius 2 is 1.78 bits per heavy atom. The van der Waals surface area contributed by atoms with Gasteiger partial charge in [0.25, 0.3) is 5.91 Å². The van der Waals surface area contributed by atoms with Crippen LogP contribution in [0.3, 0.4) is 0 Å². The highest BCUT2D eigenvalue weighted by atomic mass is 19.2. The topological polar surface area (TPSA) is 45.2 Å². The molecule has 0 spiro atoms. The van der Waals surface area contributed by atoms with Crippen LogP contribution in [0.2, 0.25) is 0 Å². The molecule has 2 aromatic carbocycles. The first-order valence-corrected chi connectivity index (χ1v) is 8.11. The minimum atomic E-state index is -1.63. The number of amides is 1. The predicted molar refractivity (Wildman–Crippen MR) is 97.1 cm³/mol. The summed E-state index contributed by atoms with van der Waals surface area (Å²) in [5, 5.41) is 2.24. The maximum absolute atomic E-state index is 13.7. The van der Waals surface area contributed by atoms with Crippen LogP contribution in [0, 0.1) is 17.5 Å². The van der Waals surface area contributed by atoms with Crippen molar-refractivity contribution in [3.63, 3.8) is 0 Å². The van der Waals surface area contributed by atoms with Gasteiger partial charge in [-0.2, -0.15) is 0 Å². The van der Waals surface area contributed by atoms with E-state index < -0.39 is 29.0 Å². The molecule has 0 saturated heterocycles.